The second-order valence-corrected chi connectivity index (χ2v) is 6.52. The van der Waals surface area contributed by atoms with Crippen molar-refractivity contribution in [2.24, 2.45) is 0 Å². The summed E-state index contributed by atoms with van der Waals surface area (Å²) in [5, 5.41) is 3.45. The number of hydrogen-bond acceptors (Lipinski definition) is 4. The number of benzene rings is 1. The van der Waals surface area contributed by atoms with Crippen molar-refractivity contribution in [2.75, 3.05) is 13.1 Å². The minimum Gasteiger partial charge on any atom is -0.441 e. The van der Waals surface area contributed by atoms with Crippen LogP contribution in [0, 0.1) is 6.92 Å². The largest absolute Gasteiger partial charge is 0.441 e. The van der Waals surface area contributed by atoms with Crippen LogP contribution >= 0.6 is 0 Å². The van der Waals surface area contributed by atoms with Crippen molar-refractivity contribution in [1.29, 1.82) is 0 Å². The molecule has 7 heteroatoms. The molecule has 0 radical (unpaired) electrons. The first-order valence-corrected chi connectivity index (χ1v) is 8.01. The molecule has 2 aliphatic heterocycles. The van der Waals surface area contributed by atoms with Crippen LogP contribution in [-0.2, 0) is 12.7 Å². The van der Waals surface area contributed by atoms with Gasteiger partial charge in [-0.2, -0.15) is 13.2 Å². The molecule has 4 rings (SSSR count). The van der Waals surface area contributed by atoms with E-state index < -0.39 is 11.7 Å². The number of aromatic nitrogens is 1. The van der Waals surface area contributed by atoms with Gasteiger partial charge in [0, 0.05) is 37.3 Å². The van der Waals surface area contributed by atoms with Crippen LogP contribution in [0.5, 0.6) is 0 Å². The minimum absolute atomic E-state index is 0.246. The van der Waals surface area contributed by atoms with E-state index in [0.717, 1.165) is 37.3 Å². The molecule has 0 saturated carbocycles. The van der Waals surface area contributed by atoms with Crippen molar-refractivity contribution >= 4 is 0 Å². The zero-order valence-corrected chi connectivity index (χ0v) is 13.2. The van der Waals surface area contributed by atoms with Crippen LogP contribution in [0.15, 0.2) is 28.7 Å². The molecule has 2 fully saturated rings. The normalized spacial score (nSPS) is 24.0. The second kappa shape index (κ2) is 5.60. The number of piperazine rings is 1. The molecule has 2 aromatic rings. The van der Waals surface area contributed by atoms with Gasteiger partial charge in [-0.1, -0.05) is 6.07 Å². The molecule has 0 spiro atoms. The number of nitrogens with zero attached hydrogens (tertiary/aromatic N) is 2. The van der Waals surface area contributed by atoms with Gasteiger partial charge >= 0.3 is 6.18 Å². The third kappa shape index (κ3) is 2.82. The lowest BCUT2D eigenvalue weighted by Crippen LogP contribution is -2.43. The van der Waals surface area contributed by atoms with Crippen LogP contribution in [0.3, 0.4) is 0 Å². The zero-order valence-electron chi connectivity index (χ0n) is 13.2. The summed E-state index contributed by atoms with van der Waals surface area (Å²) in [6.07, 6.45) is -3.22. The van der Waals surface area contributed by atoms with E-state index in [1.807, 2.05) is 6.92 Å². The van der Waals surface area contributed by atoms with E-state index in [1.54, 1.807) is 6.07 Å². The van der Waals surface area contributed by atoms with Gasteiger partial charge in [-0.15, -0.1) is 0 Å². The first-order chi connectivity index (χ1) is 11.4. The van der Waals surface area contributed by atoms with E-state index in [-0.39, 0.29) is 5.89 Å². The lowest BCUT2D eigenvalue weighted by Gasteiger charge is -2.26. The highest BCUT2D eigenvalue weighted by atomic mass is 19.4. The van der Waals surface area contributed by atoms with Crippen LogP contribution in [-0.4, -0.2) is 35.1 Å². The van der Waals surface area contributed by atoms with E-state index in [2.05, 4.69) is 15.2 Å². The van der Waals surface area contributed by atoms with Crippen LogP contribution in [0.2, 0.25) is 0 Å². The highest BCUT2D eigenvalue weighted by Crippen LogP contribution is 2.33. The summed E-state index contributed by atoms with van der Waals surface area (Å²) in [6, 6.07) is 6.16. The number of aryl methyl sites for hydroxylation is 1. The first kappa shape index (κ1) is 15.7. The molecule has 4 nitrogen and oxygen atoms in total. The third-order valence-corrected chi connectivity index (χ3v) is 4.85. The summed E-state index contributed by atoms with van der Waals surface area (Å²) in [4.78, 5) is 6.82. The van der Waals surface area contributed by atoms with Crippen LogP contribution in [0.4, 0.5) is 13.2 Å². The van der Waals surface area contributed by atoms with Crippen molar-refractivity contribution in [3.63, 3.8) is 0 Å². The molecule has 0 amide bonds. The van der Waals surface area contributed by atoms with E-state index in [4.69, 9.17) is 4.42 Å². The summed E-state index contributed by atoms with van der Waals surface area (Å²) in [5.74, 6) is 0.911. The molecule has 1 aromatic heterocycles. The van der Waals surface area contributed by atoms with E-state index >= 15 is 0 Å². The highest BCUT2D eigenvalue weighted by molar-refractivity contribution is 5.55. The topological polar surface area (TPSA) is 41.3 Å². The summed E-state index contributed by atoms with van der Waals surface area (Å²) in [5.41, 5.74) is 0.457. The SMILES string of the molecule is Cc1oc(-c2cccc(C(F)(F)F)c2)nc1CN1C[C@@H]2C[C@H]1CN2. The quantitative estimate of drug-likeness (QED) is 0.934. The second-order valence-electron chi connectivity index (χ2n) is 6.52. The molecule has 128 valence electrons. The molecule has 2 aliphatic rings. The van der Waals surface area contributed by atoms with Crippen LogP contribution in [0.1, 0.15) is 23.4 Å². The Hall–Kier alpha value is -1.86. The smallest absolute Gasteiger partial charge is 0.416 e. The van der Waals surface area contributed by atoms with Gasteiger partial charge in [-0.25, -0.2) is 4.98 Å². The lowest BCUT2D eigenvalue weighted by molar-refractivity contribution is -0.137. The van der Waals surface area contributed by atoms with Crippen molar-refractivity contribution in [3.05, 3.63) is 41.3 Å². The maximum Gasteiger partial charge on any atom is 0.416 e. The number of likely N-dealkylation sites (tertiary alicyclic amines) is 1. The fourth-order valence-electron chi connectivity index (χ4n) is 3.56. The van der Waals surface area contributed by atoms with Gasteiger partial charge in [0.1, 0.15) is 5.76 Å². The van der Waals surface area contributed by atoms with Crippen LogP contribution < -0.4 is 5.32 Å². The van der Waals surface area contributed by atoms with Gasteiger partial charge in [0.25, 0.3) is 0 Å². The summed E-state index contributed by atoms with van der Waals surface area (Å²) in [6.45, 7) is 4.46. The van der Waals surface area contributed by atoms with Crippen LogP contribution in [0.25, 0.3) is 11.5 Å². The van der Waals surface area contributed by atoms with Crippen molar-refractivity contribution in [3.8, 4) is 11.5 Å². The molecule has 1 aromatic carbocycles. The predicted molar refractivity (Wildman–Crippen MR) is 82.3 cm³/mol. The number of nitrogens with one attached hydrogen (secondary N) is 1. The van der Waals surface area contributed by atoms with Gasteiger partial charge in [0.2, 0.25) is 5.89 Å². The van der Waals surface area contributed by atoms with Gasteiger partial charge < -0.3 is 9.73 Å². The first-order valence-electron chi connectivity index (χ1n) is 8.01. The molecular weight excluding hydrogens is 319 g/mol. The molecule has 1 N–H and O–H groups in total. The summed E-state index contributed by atoms with van der Waals surface area (Å²) in [7, 11) is 0. The average molecular weight is 337 g/mol. The number of fused-ring (bicyclic) bond motifs is 2. The number of oxazole rings is 1. The van der Waals surface area contributed by atoms with Gasteiger partial charge in [-0.05, 0) is 31.5 Å². The fourth-order valence-corrected chi connectivity index (χ4v) is 3.56. The minimum atomic E-state index is -4.37. The molecule has 0 unspecified atom stereocenters. The predicted octanol–water partition coefficient (Wildman–Crippen LogP) is 3.21. The van der Waals surface area contributed by atoms with Gasteiger partial charge in [0.15, 0.2) is 0 Å². The summed E-state index contributed by atoms with van der Waals surface area (Å²) < 4.78 is 44.2. The molecule has 2 saturated heterocycles. The Bertz CT molecular complexity index is 756. The molecule has 24 heavy (non-hydrogen) atoms. The Labute approximate surface area is 137 Å². The van der Waals surface area contributed by atoms with Crippen molar-refractivity contribution in [1.82, 2.24) is 15.2 Å². The number of halogens is 3. The fraction of sp³-hybridized carbons (Fsp3) is 0.471. The molecule has 0 aliphatic carbocycles. The Kier molecular flexibility index (Phi) is 3.65. The monoisotopic (exact) mass is 337 g/mol. The van der Waals surface area contributed by atoms with Crippen molar-refractivity contribution in [2.45, 2.75) is 38.1 Å². The van der Waals surface area contributed by atoms with E-state index in [0.29, 0.717) is 30.0 Å². The Morgan fingerprint density at radius 1 is 1.38 bits per heavy atom. The number of alkyl halides is 3. The Morgan fingerprint density at radius 2 is 2.21 bits per heavy atom. The van der Waals surface area contributed by atoms with E-state index in [9.17, 15) is 13.2 Å². The average Bonchev–Trinajstić information content (AvgIpc) is 3.23. The molecule has 3 heterocycles. The number of rotatable bonds is 3. The Morgan fingerprint density at radius 3 is 2.88 bits per heavy atom. The summed E-state index contributed by atoms with van der Waals surface area (Å²) >= 11 is 0. The molecular formula is C17H18F3N3O. The maximum atomic E-state index is 12.9. The number of hydrogen-bond donors (Lipinski definition) is 1. The molecule has 2 bridgehead atoms. The van der Waals surface area contributed by atoms with Gasteiger partial charge in [-0.3, -0.25) is 4.90 Å². The maximum absolute atomic E-state index is 12.9. The molecule has 2 atom stereocenters. The third-order valence-electron chi connectivity index (χ3n) is 4.85. The standard InChI is InChI=1S/C17H18F3N3O/c1-10-15(9-23-8-13-6-14(23)7-21-13)22-16(24-10)11-3-2-4-12(5-11)17(18,19)20/h2-5,13-14,21H,6-9H2,1H3/t13-,14-/m0/s1. The van der Waals surface area contributed by atoms with E-state index in [1.165, 1.54) is 6.07 Å². The Balaban J connectivity index is 1.57. The lowest BCUT2D eigenvalue weighted by atomic mass is 10.1. The van der Waals surface area contributed by atoms with Gasteiger partial charge in [0.05, 0.1) is 11.3 Å². The highest BCUT2D eigenvalue weighted by Gasteiger charge is 2.38. The zero-order chi connectivity index (χ0) is 16.9. The van der Waals surface area contributed by atoms with Crippen molar-refractivity contribution < 1.29 is 17.6 Å².